The summed E-state index contributed by atoms with van der Waals surface area (Å²) in [5.41, 5.74) is 1.93. The molecule has 1 aliphatic rings. The fourth-order valence-corrected chi connectivity index (χ4v) is 3.39. The second-order valence-electron chi connectivity index (χ2n) is 6.62. The van der Waals surface area contributed by atoms with Crippen LogP contribution in [0.2, 0.25) is 0 Å². The number of hydrogen-bond acceptors (Lipinski definition) is 4. The highest BCUT2D eigenvalue weighted by molar-refractivity contribution is 5.84. The molecule has 3 aromatic rings. The second-order valence-corrected chi connectivity index (χ2v) is 6.62. The van der Waals surface area contributed by atoms with Gasteiger partial charge in [-0.25, -0.2) is 0 Å². The van der Waals surface area contributed by atoms with Gasteiger partial charge in [-0.3, -0.25) is 9.78 Å². The maximum atomic E-state index is 12.5. The van der Waals surface area contributed by atoms with E-state index in [1.807, 2.05) is 54.6 Å². The van der Waals surface area contributed by atoms with Crippen LogP contribution in [0.1, 0.15) is 12.0 Å². The zero-order chi connectivity index (χ0) is 18.5. The summed E-state index contributed by atoms with van der Waals surface area (Å²) < 4.78 is 11.6. The van der Waals surface area contributed by atoms with Gasteiger partial charge in [0.2, 0.25) is 5.91 Å². The molecular weight excluding hydrogens is 340 g/mol. The van der Waals surface area contributed by atoms with Gasteiger partial charge >= 0.3 is 0 Å². The van der Waals surface area contributed by atoms with E-state index in [4.69, 9.17) is 9.47 Å². The number of nitrogens with one attached hydrogen (secondary N) is 1. The van der Waals surface area contributed by atoms with Crippen molar-refractivity contribution in [2.24, 2.45) is 5.92 Å². The number of ether oxygens (including phenoxy) is 2. The first kappa shape index (κ1) is 17.3. The van der Waals surface area contributed by atoms with E-state index in [-0.39, 0.29) is 11.8 Å². The zero-order valence-electron chi connectivity index (χ0n) is 15.1. The molecule has 0 saturated heterocycles. The Morgan fingerprint density at radius 1 is 1.15 bits per heavy atom. The molecule has 0 saturated carbocycles. The van der Waals surface area contributed by atoms with E-state index < -0.39 is 0 Å². The normalized spacial score (nSPS) is 16.1. The summed E-state index contributed by atoms with van der Waals surface area (Å²) >= 11 is 0. The summed E-state index contributed by atoms with van der Waals surface area (Å²) in [6, 6.07) is 17.7. The predicted molar refractivity (Wildman–Crippen MR) is 104 cm³/mol. The Bertz CT molecular complexity index is 936. The van der Waals surface area contributed by atoms with E-state index in [2.05, 4.69) is 10.3 Å². The molecule has 0 radical (unpaired) electrons. The molecule has 0 bridgehead atoms. The fraction of sp³-hybridized carbons (Fsp3) is 0.273. The highest BCUT2D eigenvalue weighted by Crippen LogP contribution is 2.26. The summed E-state index contributed by atoms with van der Waals surface area (Å²) in [4.78, 5) is 16.9. The molecule has 2 heterocycles. The number of nitrogens with zero attached hydrogens (tertiary/aromatic N) is 1. The third-order valence-corrected chi connectivity index (χ3v) is 4.79. The Labute approximate surface area is 158 Å². The van der Waals surface area contributed by atoms with Gasteiger partial charge < -0.3 is 14.8 Å². The molecule has 5 nitrogen and oxygen atoms in total. The number of rotatable bonds is 5. The monoisotopic (exact) mass is 362 g/mol. The Kier molecular flexibility index (Phi) is 5.19. The van der Waals surface area contributed by atoms with Crippen molar-refractivity contribution in [1.82, 2.24) is 10.3 Å². The van der Waals surface area contributed by atoms with Crippen molar-refractivity contribution in [2.75, 3.05) is 19.8 Å². The van der Waals surface area contributed by atoms with Gasteiger partial charge in [0, 0.05) is 17.5 Å². The second kappa shape index (κ2) is 8.08. The molecule has 27 heavy (non-hydrogen) atoms. The molecule has 1 amide bonds. The van der Waals surface area contributed by atoms with Crippen molar-refractivity contribution in [1.29, 1.82) is 0 Å². The Hall–Kier alpha value is -3.08. The third kappa shape index (κ3) is 4.03. The summed E-state index contributed by atoms with van der Waals surface area (Å²) in [7, 11) is 0. The van der Waals surface area contributed by atoms with E-state index in [0.717, 1.165) is 28.0 Å². The maximum absolute atomic E-state index is 12.5. The Morgan fingerprint density at radius 3 is 3.00 bits per heavy atom. The summed E-state index contributed by atoms with van der Waals surface area (Å²) in [5.74, 6) is 1.60. The van der Waals surface area contributed by atoms with Gasteiger partial charge in [-0.05, 0) is 36.6 Å². The van der Waals surface area contributed by atoms with Crippen LogP contribution in [0.5, 0.6) is 11.5 Å². The van der Waals surface area contributed by atoms with Crippen LogP contribution in [0.25, 0.3) is 10.9 Å². The van der Waals surface area contributed by atoms with Crippen LogP contribution in [0.3, 0.4) is 0 Å². The maximum Gasteiger partial charge on any atom is 0.223 e. The van der Waals surface area contributed by atoms with Crippen LogP contribution in [-0.2, 0) is 11.2 Å². The first-order valence-corrected chi connectivity index (χ1v) is 9.26. The van der Waals surface area contributed by atoms with Crippen LogP contribution < -0.4 is 14.8 Å². The van der Waals surface area contributed by atoms with Gasteiger partial charge in [0.05, 0.1) is 13.2 Å². The Balaban J connectivity index is 1.31. The van der Waals surface area contributed by atoms with E-state index in [1.54, 1.807) is 6.20 Å². The SMILES string of the molecule is O=C(NCCOc1cccc2cccnc12)[C@H]1CCOc2ccccc2C1. The first-order chi connectivity index (χ1) is 13.3. The van der Waals surface area contributed by atoms with Crippen LogP contribution in [0.4, 0.5) is 0 Å². The molecule has 2 aromatic carbocycles. The molecule has 4 rings (SSSR count). The number of amides is 1. The molecule has 1 aromatic heterocycles. The lowest BCUT2D eigenvalue weighted by atomic mass is 9.96. The fourth-order valence-electron chi connectivity index (χ4n) is 3.39. The number of benzene rings is 2. The van der Waals surface area contributed by atoms with Crippen molar-refractivity contribution in [3.63, 3.8) is 0 Å². The molecule has 1 N–H and O–H groups in total. The molecule has 138 valence electrons. The molecule has 0 fully saturated rings. The number of carbonyl (C=O) groups is 1. The van der Waals surface area contributed by atoms with Gasteiger partial charge in [0.25, 0.3) is 0 Å². The van der Waals surface area contributed by atoms with Gasteiger partial charge in [0.1, 0.15) is 23.6 Å². The van der Waals surface area contributed by atoms with Crippen molar-refractivity contribution in [3.05, 3.63) is 66.4 Å². The quantitative estimate of drug-likeness (QED) is 0.707. The summed E-state index contributed by atoms with van der Waals surface area (Å²) in [6.45, 7) is 1.43. The van der Waals surface area contributed by atoms with E-state index >= 15 is 0 Å². The van der Waals surface area contributed by atoms with Crippen LogP contribution >= 0.6 is 0 Å². The van der Waals surface area contributed by atoms with E-state index in [1.165, 1.54) is 0 Å². The number of para-hydroxylation sites is 2. The average molecular weight is 362 g/mol. The summed E-state index contributed by atoms with van der Waals surface area (Å²) in [6.07, 6.45) is 3.17. The minimum absolute atomic E-state index is 0.0509. The highest BCUT2D eigenvalue weighted by Gasteiger charge is 2.23. The molecule has 0 aliphatic carbocycles. The van der Waals surface area contributed by atoms with Gasteiger partial charge in [0.15, 0.2) is 0 Å². The zero-order valence-corrected chi connectivity index (χ0v) is 15.1. The Morgan fingerprint density at radius 2 is 2.04 bits per heavy atom. The molecule has 5 heteroatoms. The lowest BCUT2D eigenvalue weighted by Gasteiger charge is -2.14. The van der Waals surface area contributed by atoms with Crippen LogP contribution in [0, 0.1) is 5.92 Å². The lowest BCUT2D eigenvalue weighted by Crippen LogP contribution is -2.35. The summed E-state index contributed by atoms with van der Waals surface area (Å²) in [5, 5.41) is 4.03. The van der Waals surface area contributed by atoms with Crippen molar-refractivity contribution >= 4 is 16.8 Å². The van der Waals surface area contributed by atoms with Crippen LogP contribution in [0.15, 0.2) is 60.8 Å². The molecule has 0 spiro atoms. The van der Waals surface area contributed by atoms with Gasteiger partial charge in [-0.1, -0.05) is 36.4 Å². The molecule has 0 unspecified atom stereocenters. The number of hydrogen-bond donors (Lipinski definition) is 1. The molecular formula is C22H22N2O3. The number of pyridine rings is 1. The largest absolute Gasteiger partial charge is 0.493 e. The van der Waals surface area contributed by atoms with Crippen molar-refractivity contribution in [3.8, 4) is 11.5 Å². The van der Waals surface area contributed by atoms with E-state index in [9.17, 15) is 4.79 Å². The van der Waals surface area contributed by atoms with Crippen molar-refractivity contribution < 1.29 is 14.3 Å². The smallest absolute Gasteiger partial charge is 0.223 e. The first-order valence-electron chi connectivity index (χ1n) is 9.26. The molecule has 1 aliphatic heterocycles. The van der Waals surface area contributed by atoms with Crippen LogP contribution in [-0.4, -0.2) is 30.6 Å². The number of fused-ring (bicyclic) bond motifs is 2. The minimum Gasteiger partial charge on any atom is -0.493 e. The highest BCUT2D eigenvalue weighted by atomic mass is 16.5. The number of carbonyl (C=O) groups excluding carboxylic acids is 1. The standard InChI is InChI=1S/C22H22N2O3/c25-22(18-10-13-26-19-8-2-1-5-17(19)15-18)24-12-14-27-20-9-3-6-16-7-4-11-23-21(16)20/h1-9,11,18H,10,12-15H2,(H,24,25)/t18-/m0/s1. The third-order valence-electron chi connectivity index (χ3n) is 4.79. The minimum atomic E-state index is -0.0760. The van der Waals surface area contributed by atoms with Gasteiger partial charge in [-0.15, -0.1) is 0 Å². The predicted octanol–water partition coefficient (Wildman–Crippen LogP) is 3.37. The number of aromatic nitrogens is 1. The van der Waals surface area contributed by atoms with E-state index in [0.29, 0.717) is 32.6 Å². The van der Waals surface area contributed by atoms with Crippen molar-refractivity contribution in [2.45, 2.75) is 12.8 Å². The lowest BCUT2D eigenvalue weighted by molar-refractivity contribution is -0.125. The average Bonchev–Trinajstić information content (AvgIpc) is 2.93. The molecule has 1 atom stereocenters. The topological polar surface area (TPSA) is 60.5 Å². The van der Waals surface area contributed by atoms with Gasteiger partial charge in [-0.2, -0.15) is 0 Å².